The maximum atomic E-state index is 14.9. The van der Waals surface area contributed by atoms with Gasteiger partial charge in [0.25, 0.3) is 5.91 Å². The smallest absolute Gasteiger partial charge is 0.407 e. The molecule has 14 heteroatoms. The molecule has 2 amide bonds. The number of amides is 2. The summed E-state index contributed by atoms with van der Waals surface area (Å²) < 4.78 is 27.3. The zero-order valence-corrected chi connectivity index (χ0v) is 19.9. The van der Waals surface area contributed by atoms with E-state index in [0.717, 1.165) is 13.1 Å². The summed E-state index contributed by atoms with van der Waals surface area (Å²) in [5, 5.41) is 15.8. The molecule has 5 rings (SSSR count). The van der Waals surface area contributed by atoms with Gasteiger partial charge in [-0.1, -0.05) is 0 Å². The minimum Gasteiger partial charge on any atom is -0.441 e. The number of aromatic amines is 1. The van der Waals surface area contributed by atoms with E-state index in [9.17, 15) is 14.0 Å². The van der Waals surface area contributed by atoms with Gasteiger partial charge in [-0.05, 0) is 19.9 Å². The van der Waals surface area contributed by atoms with E-state index in [1.54, 1.807) is 47.7 Å². The zero-order valence-electron chi connectivity index (χ0n) is 19.9. The van der Waals surface area contributed by atoms with Gasteiger partial charge >= 0.3 is 6.09 Å². The third-order valence-electron chi connectivity index (χ3n) is 5.90. The Morgan fingerprint density at radius 2 is 2.11 bits per heavy atom. The predicted octanol–water partition coefficient (Wildman–Crippen LogP) is 1.15. The highest BCUT2D eigenvalue weighted by atomic mass is 19.1. The van der Waals surface area contributed by atoms with Crippen LogP contribution in [0.1, 0.15) is 36.1 Å². The Balaban J connectivity index is 1.27. The number of hydrogen-bond acceptors (Lipinski definition) is 9. The largest absolute Gasteiger partial charge is 0.441 e. The van der Waals surface area contributed by atoms with E-state index in [2.05, 4.69) is 36.1 Å². The van der Waals surface area contributed by atoms with Crippen molar-refractivity contribution in [2.24, 2.45) is 0 Å². The molecule has 3 aromatic heterocycles. The lowest BCUT2D eigenvalue weighted by Crippen LogP contribution is -2.46. The molecule has 0 aromatic carbocycles. The number of halogens is 1. The first kappa shape index (κ1) is 23.9. The second-order valence-corrected chi connectivity index (χ2v) is 8.94. The molecule has 0 saturated carbocycles. The van der Waals surface area contributed by atoms with E-state index in [0.29, 0.717) is 41.9 Å². The summed E-state index contributed by atoms with van der Waals surface area (Å²) in [6.07, 6.45) is -1.05. The standard InChI is InChI=1S/C22H28FN9O4/c1-12(2)26-22(34)36-15-11-35-19(18(15)23)13-9-16(30-29-13)28-21-25-4-3-17-27-14(10-32(17)21)20(33)31-7-5-24-6-8-31/h3-4,9-10,12,15,18-19,24H,5-8,11H2,1-2H3,(H,26,34)(H2,25,28,29,30)/t15-,18+,19-/m0/s1. The van der Waals surface area contributed by atoms with Crippen LogP contribution in [0.15, 0.2) is 24.5 Å². The molecule has 2 aliphatic heterocycles. The van der Waals surface area contributed by atoms with Crippen molar-refractivity contribution in [2.75, 3.05) is 38.1 Å². The Hall–Kier alpha value is -3.78. The van der Waals surface area contributed by atoms with Crippen molar-refractivity contribution in [3.8, 4) is 0 Å². The third-order valence-corrected chi connectivity index (χ3v) is 5.90. The van der Waals surface area contributed by atoms with E-state index in [-0.39, 0.29) is 18.6 Å². The van der Waals surface area contributed by atoms with Crippen molar-refractivity contribution >= 4 is 29.4 Å². The fraction of sp³-hybridized carbons (Fsp3) is 0.500. The van der Waals surface area contributed by atoms with Crippen LogP contribution in [0.5, 0.6) is 0 Å². The van der Waals surface area contributed by atoms with E-state index < -0.39 is 24.5 Å². The number of nitrogens with zero attached hydrogens (tertiary/aromatic N) is 5. The van der Waals surface area contributed by atoms with Gasteiger partial charge in [0.05, 0.1) is 12.3 Å². The first-order chi connectivity index (χ1) is 17.4. The predicted molar refractivity (Wildman–Crippen MR) is 126 cm³/mol. The number of aromatic nitrogens is 5. The number of H-pyrrole nitrogens is 1. The number of carbonyl (C=O) groups excluding carboxylic acids is 2. The molecule has 2 aliphatic rings. The molecule has 3 aromatic rings. The van der Waals surface area contributed by atoms with Crippen molar-refractivity contribution in [3.63, 3.8) is 0 Å². The molecular weight excluding hydrogens is 473 g/mol. The summed E-state index contributed by atoms with van der Waals surface area (Å²) in [7, 11) is 0. The fourth-order valence-electron chi connectivity index (χ4n) is 4.15. The van der Waals surface area contributed by atoms with Gasteiger partial charge in [0.1, 0.15) is 17.4 Å². The first-order valence-electron chi connectivity index (χ1n) is 11.8. The second kappa shape index (κ2) is 10.1. The lowest BCUT2D eigenvalue weighted by molar-refractivity contribution is 0.0614. The number of hydrogen-bond donors (Lipinski definition) is 4. The highest BCUT2D eigenvalue weighted by Gasteiger charge is 2.42. The first-order valence-corrected chi connectivity index (χ1v) is 11.8. The molecule has 4 N–H and O–H groups in total. The quantitative estimate of drug-likeness (QED) is 0.390. The van der Waals surface area contributed by atoms with Crippen molar-refractivity contribution in [3.05, 3.63) is 35.9 Å². The van der Waals surface area contributed by atoms with Crippen molar-refractivity contribution in [1.82, 2.24) is 40.1 Å². The number of alkyl carbamates (subject to hydrolysis) is 1. The maximum absolute atomic E-state index is 14.9. The van der Waals surface area contributed by atoms with E-state index in [1.807, 2.05) is 0 Å². The number of alkyl halides is 1. The van der Waals surface area contributed by atoms with Crippen LogP contribution in [0.2, 0.25) is 0 Å². The van der Waals surface area contributed by atoms with E-state index in [4.69, 9.17) is 9.47 Å². The van der Waals surface area contributed by atoms with Gasteiger partial charge in [-0.2, -0.15) is 5.10 Å². The summed E-state index contributed by atoms with van der Waals surface area (Å²) in [5.41, 5.74) is 1.25. The number of anilines is 2. The average molecular weight is 502 g/mol. The van der Waals surface area contributed by atoms with Gasteiger partial charge in [0.15, 0.2) is 18.1 Å². The molecule has 5 heterocycles. The molecule has 2 fully saturated rings. The Bertz CT molecular complexity index is 1240. The summed E-state index contributed by atoms with van der Waals surface area (Å²) >= 11 is 0. The average Bonchev–Trinajstić information content (AvgIpc) is 3.58. The monoisotopic (exact) mass is 501 g/mol. The van der Waals surface area contributed by atoms with Gasteiger partial charge in [0, 0.05) is 50.7 Å². The Morgan fingerprint density at radius 1 is 1.31 bits per heavy atom. The van der Waals surface area contributed by atoms with Crippen molar-refractivity contribution in [2.45, 2.75) is 38.3 Å². The number of carbonyl (C=O) groups is 2. The third kappa shape index (κ3) is 4.95. The minimum absolute atomic E-state index is 0.0705. The lowest BCUT2D eigenvalue weighted by atomic mass is 10.1. The molecule has 0 bridgehead atoms. The summed E-state index contributed by atoms with van der Waals surface area (Å²) in [4.78, 5) is 35.2. The topological polar surface area (TPSA) is 151 Å². The van der Waals surface area contributed by atoms with Gasteiger partial charge in [-0.3, -0.25) is 14.3 Å². The SMILES string of the molecule is CC(C)NC(=O)O[C@H]1CO[C@@H](c2cc(Nc3nccc4nc(C(=O)N5CCNCC5)cn34)n[nH]2)[C@@H]1F. The van der Waals surface area contributed by atoms with Gasteiger partial charge in [-0.15, -0.1) is 0 Å². The van der Waals surface area contributed by atoms with Crippen molar-refractivity contribution in [1.29, 1.82) is 0 Å². The highest BCUT2D eigenvalue weighted by Crippen LogP contribution is 2.33. The Morgan fingerprint density at radius 3 is 2.89 bits per heavy atom. The Labute approximate surface area is 205 Å². The van der Waals surface area contributed by atoms with Crippen LogP contribution in [0.3, 0.4) is 0 Å². The van der Waals surface area contributed by atoms with E-state index in [1.165, 1.54) is 0 Å². The summed E-state index contributed by atoms with van der Waals surface area (Å²) in [6.45, 7) is 6.24. The normalized spacial score (nSPS) is 22.2. The summed E-state index contributed by atoms with van der Waals surface area (Å²) in [5.74, 6) is 0.610. The maximum Gasteiger partial charge on any atom is 0.407 e. The van der Waals surface area contributed by atoms with Crippen LogP contribution in [0, 0.1) is 0 Å². The number of piperazine rings is 1. The molecule has 3 atom stereocenters. The number of ether oxygens (including phenoxy) is 2. The number of nitrogens with one attached hydrogen (secondary N) is 4. The molecular formula is C22H28FN9O4. The van der Waals surface area contributed by atoms with Gasteiger partial charge in [0.2, 0.25) is 5.95 Å². The molecule has 13 nitrogen and oxygen atoms in total. The molecule has 0 aliphatic carbocycles. The molecule has 0 radical (unpaired) electrons. The van der Waals surface area contributed by atoms with Crippen LogP contribution in [-0.4, -0.2) is 92.6 Å². The van der Waals surface area contributed by atoms with Crippen molar-refractivity contribution < 1.29 is 23.5 Å². The molecule has 2 saturated heterocycles. The van der Waals surface area contributed by atoms with E-state index >= 15 is 0 Å². The van der Waals surface area contributed by atoms with Crippen LogP contribution in [0.4, 0.5) is 21.0 Å². The van der Waals surface area contributed by atoms with Crippen LogP contribution in [0.25, 0.3) is 5.65 Å². The molecule has 0 unspecified atom stereocenters. The number of imidazole rings is 1. The van der Waals surface area contributed by atoms with Crippen LogP contribution < -0.4 is 16.0 Å². The second-order valence-electron chi connectivity index (χ2n) is 8.94. The number of rotatable bonds is 6. The Kier molecular flexibility index (Phi) is 6.69. The zero-order chi connectivity index (χ0) is 25.2. The summed E-state index contributed by atoms with van der Waals surface area (Å²) in [6, 6.07) is 3.17. The highest BCUT2D eigenvalue weighted by molar-refractivity contribution is 5.93. The van der Waals surface area contributed by atoms with Gasteiger partial charge < -0.3 is 30.3 Å². The molecule has 36 heavy (non-hydrogen) atoms. The van der Waals surface area contributed by atoms with Crippen LogP contribution in [-0.2, 0) is 9.47 Å². The van der Waals surface area contributed by atoms with Crippen LogP contribution >= 0.6 is 0 Å². The number of fused-ring (bicyclic) bond motifs is 1. The van der Waals surface area contributed by atoms with Gasteiger partial charge in [-0.25, -0.2) is 19.2 Å². The fourth-order valence-corrected chi connectivity index (χ4v) is 4.15. The minimum atomic E-state index is -1.56. The lowest BCUT2D eigenvalue weighted by Gasteiger charge is -2.26. The molecule has 0 spiro atoms. The molecule has 192 valence electrons.